The van der Waals surface area contributed by atoms with Gasteiger partial charge in [-0.1, -0.05) is 22.9 Å². The first-order chi connectivity index (χ1) is 9.57. The average molecular weight is 336 g/mol. The summed E-state index contributed by atoms with van der Waals surface area (Å²) in [5, 5.41) is 3.71. The number of fused-ring (bicyclic) bond motifs is 1. The van der Waals surface area contributed by atoms with Gasteiger partial charge in [-0.3, -0.25) is 0 Å². The molecule has 3 rings (SSSR count). The molecule has 0 spiro atoms. The molecule has 108 valence electrons. The number of rotatable bonds is 3. The van der Waals surface area contributed by atoms with Gasteiger partial charge in [0.25, 0.3) is 0 Å². The summed E-state index contributed by atoms with van der Waals surface area (Å²) in [6, 6.07) is 6.82. The number of nitrogens with one attached hydrogen (secondary N) is 1. The van der Waals surface area contributed by atoms with E-state index in [-0.39, 0.29) is 5.54 Å². The Hall–Kier alpha value is -0.870. The van der Waals surface area contributed by atoms with Crippen LogP contribution in [0.1, 0.15) is 51.9 Å². The summed E-state index contributed by atoms with van der Waals surface area (Å²) in [5.74, 6) is 1.21. The van der Waals surface area contributed by atoms with Gasteiger partial charge in [-0.05, 0) is 57.9 Å². The van der Waals surface area contributed by atoms with Crippen molar-refractivity contribution in [2.75, 3.05) is 6.54 Å². The third kappa shape index (κ3) is 2.09. The van der Waals surface area contributed by atoms with E-state index < -0.39 is 0 Å². The Kier molecular flexibility index (Phi) is 3.63. The van der Waals surface area contributed by atoms with Gasteiger partial charge in [-0.25, -0.2) is 4.98 Å². The van der Waals surface area contributed by atoms with Crippen molar-refractivity contribution in [3.05, 3.63) is 28.5 Å². The lowest BCUT2D eigenvalue weighted by Crippen LogP contribution is -2.39. The first-order valence-electron chi connectivity index (χ1n) is 7.50. The van der Waals surface area contributed by atoms with E-state index in [1.165, 1.54) is 24.2 Å². The average Bonchev–Trinajstić information content (AvgIpc) is 3.02. The predicted molar refractivity (Wildman–Crippen MR) is 87.0 cm³/mol. The molecule has 1 saturated heterocycles. The largest absolute Gasteiger partial charge is 0.324 e. The molecule has 0 saturated carbocycles. The van der Waals surface area contributed by atoms with Crippen LogP contribution in [0, 0.1) is 0 Å². The van der Waals surface area contributed by atoms with Gasteiger partial charge in [0, 0.05) is 10.5 Å². The molecule has 1 aromatic carbocycles. The Morgan fingerprint density at radius 1 is 1.45 bits per heavy atom. The molecule has 0 amide bonds. The molecular weight excluding hydrogens is 314 g/mol. The highest BCUT2D eigenvalue weighted by Gasteiger charge is 2.38. The van der Waals surface area contributed by atoms with Gasteiger partial charge in [-0.15, -0.1) is 0 Å². The van der Waals surface area contributed by atoms with Gasteiger partial charge in [0.2, 0.25) is 0 Å². The highest BCUT2D eigenvalue weighted by Crippen LogP contribution is 2.37. The van der Waals surface area contributed by atoms with Gasteiger partial charge in [0.05, 0.1) is 16.6 Å². The van der Waals surface area contributed by atoms with E-state index in [4.69, 9.17) is 4.98 Å². The fraction of sp³-hybridized carbons (Fsp3) is 0.562. The van der Waals surface area contributed by atoms with E-state index in [1.54, 1.807) is 0 Å². The quantitative estimate of drug-likeness (QED) is 0.902. The van der Waals surface area contributed by atoms with Gasteiger partial charge in [0.1, 0.15) is 5.82 Å². The normalized spacial score (nSPS) is 23.1. The van der Waals surface area contributed by atoms with Crippen LogP contribution in [0.3, 0.4) is 0 Å². The molecule has 0 radical (unpaired) electrons. The molecule has 2 aromatic rings. The van der Waals surface area contributed by atoms with E-state index >= 15 is 0 Å². The maximum Gasteiger partial charge on any atom is 0.130 e. The zero-order valence-electron chi connectivity index (χ0n) is 12.4. The van der Waals surface area contributed by atoms with E-state index in [1.807, 2.05) is 0 Å². The fourth-order valence-electron chi connectivity index (χ4n) is 3.39. The van der Waals surface area contributed by atoms with Crippen LogP contribution in [0.4, 0.5) is 0 Å². The third-order valence-electron chi connectivity index (χ3n) is 4.44. The van der Waals surface area contributed by atoms with Crippen molar-refractivity contribution >= 4 is 27.0 Å². The van der Waals surface area contributed by atoms with E-state index in [0.29, 0.717) is 6.04 Å². The second-order valence-corrected chi connectivity index (χ2v) is 6.91. The number of imidazole rings is 1. The molecule has 20 heavy (non-hydrogen) atoms. The molecule has 1 aromatic heterocycles. The van der Waals surface area contributed by atoms with E-state index in [2.05, 4.69) is 64.8 Å². The second kappa shape index (κ2) is 5.15. The van der Waals surface area contributed by atoms with Crippen molar-refractivity contribution in [3.8, 4) is 0 Å². The molecule has 1 aliphatic heterocycles. The van der Waals surface area contributed by atoms with Crippen LogP contribution in [0.15, 0.2) is 22.7 Å². The number of hydrogen-bond acceptors (Lipinski definition) is 2. The van der Waals surface area contributed by atoms with E-state index in [0.717, 1.165) is 23.0 Å². The van der Waals surface area contributed by atoms with Crippen LogP contribution in [0.5, 0.6) is 0 Å². The SMILES string of the molecule is CCC1(c2nc3cc(Br)ccc3n2C(C)C)CCCN1. The Morgan fingerprint density at radius 3 is 2.85 bits per heavy atom. The molecule has 4 heteroatoms. The highest BCUT2D eigenvalue weighted by atomic mass is 79.9. The molecule has 0 bridgehead atoms. The topological polar surface area (TPSA) is 29.9 Å². The lowest BCUT2D eigenvalue weighted by atomic mass is 9.93. The minimum absolute atomic E-state index is 0.0514. The van der Waals surface area contributed by atoms with Crippen molar-refractivity contribution in [3.63, 3.8) is 0 Å². The first kappa shape index (κ1) is 14.1. The van der Waals surface area contributed by atoms with Crippen molar-refractivity contribution in [1.82, 2.24) is 14.9 Å². The molecule has 1 N–H and O–H groups in total. The first-order valence-corrected chi connectivity index (χ1v) is 8.30. The monoisotopic (exact) mass is 335 g/mol. The maximum atomic E-state index is 4.99. The van der Waals surface area contributed by atoms with Crippen molar-refractivity contribution in [1.29, 1.82) is 0 Å². The molecule has 1 unspecified atom stereocenters. The van der Waals surface area contributed by atoms with Gasteiger partial charge in [-0.2, -0.15) is 0 Å². The molecule has 3 nitrogen and oxygen atoms in total. The molecule has 1 fully saturated rings. The van der Waals surface area contributed by atoms with Crippen LogP contribution in [0.2, 0.25) is 0 Å². The summed E-state index contributed by atoms with van der Waals surface area (Å²) in [6.45, 7) is 7.84. The number of halogens is 1. The van der Waals surface area contributed by atoms with Crippen molar-refractivity contribution in [2.24, 2.45) is 0 Å². The fourth-order valence-corrected chi connectivity index (χ4v) is 3.74. The zero-order valence-corrected chi connectivity index (χ0v) is 14.0. The predicted octanol–water partition coefficient (Wildman–Crippen LogP) is 4.37. The minimum Gasteiger partial charge on any atom is -0.324 e. The van der Waals surface area contributed by atoms with Crippen LogP contribution < -0.4 is 5.32 Å². The maximum absolute atomic E-state index is 4.99. The standard InChI is InChI=1S/C16H22BrN3/c1-4-16(8-5-9-18-16)15-19-13-10-12(17)6-7-14(13)20(15)11(2)3/h6-7,10-11,18H,4-5,8-9H2,1-3H3. The second-order valence-electron chi connectivity index (χ2n) is 6.00. The van der Waals surface area contributed by atoms with Crippen LogP contribution in [-0.2, 0) is 5.54 Å². The smallest absolute Gasteiger partial charge is 0.130 e. The van der Waals surface area contributed by atoms with Gasteiger partial charge in [0.15, 0.2) is 0 Å². The van der Waals surface area contributed by atoms with Crippen LogP contribution in [0.25, 0.3) is 11.0 Å². The third-order valence-corrected chi connectivity index (χ3v) is 4.94. The Labute approximate surface area is 128 Å². The summed E-state index contributed by atoms with van der Waals surface area (Å²) in [6.07, 6.45) is 3.50. The van der Waals surface area contributed by atoms with Crippen LogP contribution >= 0.6 is 15.9 Å². The molecule has 2 heterocycles. The van der Waals surface area contributed by atoms with Gasteiger partial charge < -0.3 is 9.88 Å². The zero-order chi connectivity index (χ0) is 14.3. The lowest BCUT2D eigenvalue weighted by molar-refractivity contribution is 0.332. The highest BCUT2D eigenvalue weighted by molar-refractivity contribution is 9.10. The summed E-state index contributed by atoms with van der Waals surface area (Å²) in [4.78, 5) is 4.99. The van der Waals surface area contributed by atoms with Crippen LogP contribution in [-0.4, -0.2) is 16.1 Å². The molecule has 0 aliphatic carbocycles. The Morgan fingerprint density at radius 2 is 2.25 bits per heavy atom. The van der Waals surface area contributed by atoms with Crippen molar-refractivity contribution in [2.45, 2.75) is 51.6 Å². The van der Waals surface area contributed by atoms with Crippen molar-refractivity contribution < 1.29 is 0 Å². The summed E-state index contributed by atoms with van der Waals surface area (Å²) >= 11 is 3.55. The Balaban J connectivity index is 2.26. The Bertz CT molecular complexity index is 624. The number of hydrogen-bond donors (Lipinski definition) is 1. The summed E-state index contributed by atoms with van der Waals surface area (Å²) in [7, 11) is 0. The number of benzene rings is 1. The summed E-state index contributed by atoms with van der Waals surface area (Å²) < 4.78 is 3.50. The molecule has 1 aliphatic rings. The summed E-state index contributed by atoms with van der Waals surface area (Å²) in [5.41, 5.74) is 2.37. The van der Waals surface area contributed by atoms with Gasteiger partial charge >= 0.3 is 0 Å². The number of aromatic nitrogens is 2. The number of nitrogens with zero attached hydrogens (tertiary/aromatic N) is 2. The molecule has 1 atom stereocenters. The lowest BCUT2D eigenvalue weighted by Gasteiger charge is -2.29. The van der Waals surface area contributed by atoms with E-state index in [9.17, 15) is 0 Å². The minimum atomic E-state index is 0.0514. The molecular formula is C16H22BrN3.